The molecule has 2 aromatic rings. The van der Waals surface area contributed by atoms with E-state index < -0.39 is 12.0 Å². The molecule has 1 saturated heterocycles. The quantitative estimate of drug-likeness (QED) is 0.425. The van der Waals surface area contributed by atoms with Crippen LogP contribution in [-0.2, 0) is 14.3 Å². The molecule has 0 aromatic heterocycles. The molecule has 5 rings (SSSR count). The van der Waals surface area contributed by atoms with Crippen molar-refractivity contribution in [3.05, 3.63) is 82.0 Å². The number of benzene rings is 2. The molecule has 40 heavy (non-hydrogen) atoms. The number of rotatable bonds is 7. The van der Waals surface area contributed by atoms with Gasteiger partial charge in [-0.25, -0.2) is 9.79 Å². The number of amidine groups is 1. The molecule has 2 aromatic carbocycles. The van der Waals surface area contributed by atoms with Crippen molar-refractivity contribution in [3.63, 3.8) is 0 Å². The second-order valence-corrected chi connectivity index (χ2v) is 11.3. The Morgan fingerprint density at radius 1 is 1.02 bits per heavy atom. The average molecular weight is 561 g/mol. The molecule has 0 aliphatic carbocycles. The van der Waals surface area contributed by atoms with Crippen LogP contribution >= 0.6 is 11.8 Å². The van der Waals surface area contributed by atoms with Crippen LogP contribution in [0.2, 0.25) is 0 Å². The van der Waals surface area contributed by atoms with E-state index in [0.29, 0.717) is 30.3 Å². The van der Waals surface area contributed by atoms with Crippen molar-refractivity contribution >= 4 is 34.5 Å². The van der Waals surface area contributed by atoms with E-state index in [1.54, 1.807) is 7.11 Å². The van der Waals surface area contributed by atoms with Gasteiger partial charge >= 0.3 is 5.97 Å². The van der Waals surface area contributed by atoms with Crippen LogP contribution in [0.15, 0.2) is 75.9 Å². The molecule has 8 nitrogen and oxygen atoms in total. The molecule has 0 radical (unpaired) electrons. The van der Waals surface area contributed by atoms with Crippen molar-refractivity contribution in [1.29, 1.82) is 0 Å². The number of amides is 1. The Balaban J connectivity index is 1.35. The summed E-state index contributed by atoms with van der Waals surface area (Å²) in [6, 6.07) is 15.9. The minimum Gasteiger partial charge on any atom is -0.495 e. The molecule has 1 atom stereocenters. The zero-order valence-corrected chi connectivity index (χ0v) is 24.5. The van der Waals surface area contributed by atoms with Crippen molar-refractivity contribution in [3.8, 4) is 5.75 Å². The van der Waals surface area contributed by atoms with E-state index in [0.717, 1.165) is 41.0 Å². The third kappa shape index (κ3) is 5.35. The molecule has 210 valence electrons. The lowest BCUT2D eigenvalue weighted by molar-refractivity contribution is -0.136. The van der Waals surface area contributed by atoms with Crippen LogP contribution in [-0.4, -0.2) is 67.2 Å². The highest BCUT2D eigenvalue weighted by atomic mass is 32.2. The SMILES string of the molecule is COC(=O)C1=C(C)N=C2SC=C(CC(=O)N3CCN(c4ccccc4OC)CC3)N2C1c1ccc(C(C)C)cc1. The third-order valence-corrected chi connectivity index (χ3v) is 8.60. The van der Waals surface area contributed by atoms with Gasteiger partial charge in [0.1, 0.15) is 5.75 Å². The van der Waals surface area contributed by atoms with Gasteiger partial charge < -0.3 is 24.2 Å². The molecule has 0 bridgehead atoms. The zero-order valence-electron chi connectivity index (χ0n) is 23.7. The van der Waals surface area contributed by atoms with Crippen molar-refractivity contribution in [1.82, 2.24) is 9.80 Å². The summed E-state index contributed by atoms with van der Waals surface area (Å²) in [4.78, 5) is 37.5. The lowest BCUT2D eigenvalue weighted by Crippen LogP contribution is -2.49. The molecule has 3 heterocycles. The van der Waals surface area contributed by atoms with Crippen LogP contribution in [0.25, 0.3) is 0 Å². The number of allylic oxidation sites excluding steroid dienone is 1. The van der Waals surface area contributed by atoms with E-state index in [1.807, 2.05) is 40.3 Å². The number of piperazine rings is 1. The normalized spacial score (nSPS) is 18.9. The number of methoxy groups -OCH3 is 2. The fraction of sp³-hybridized carbons (Fsp3) is 0.387. The van der Waals surface area contributed by atoms with E-state index in [4.69, 9.17) is 14.5 Å². The summed E-state index contributed by atoms with van der Waals surface area (Å²) in [5.41, 5.74) is 5.20. The van der Waals surface area contributed by atoms with Crippen LogP contribution < -0.4 is 9.64 Å². The predicted octanol–water partition coefficient (Wildman–Crippen LogP) is 5.31. The van der Waals surface area contributed by atoms with Crippen LogP contribution in [0, 0.1) is 0 Å². The fourth-order valence-electron chi connectivity index (χ4n) is 5.47. The molecular formula is C31H36N4O4S. The number of hydrogen-bond donors (Lipinski definition) is 0. The zero-order chi connectivity index (χ0) is 28.4. The Morgan fingerprint density at radius 3 is 2.38 bits per heavy atom. The molecule has 0 N–H and O–H groups in total. The van der Waals surface area contributed by atoms with Crippen molar-refractivity contribution in [2.24, 2.45) is 4.99 Å². The Kier molecular flexibility index (Phi) is 8.21. The molecule has 0 saturated carbocycles. The molecule has 1 unspecified atom stereocenters. The summed E-state index contributed by atoms with van der Waals surface area (Å²) in [5.74, 6) is 0.888. The molecule has 3 aliphatic heterocycles. The van der Waals surface area contributed by atoms with Gasteiger partial charge in [0.15, 0.2) is 5.17 Å². The number of carbonyl (C=O) groups is 2. The minimum atomic E-state index is -0.419. The average Bonchev–Trinajstić information content (AvgIpc) is 3.37. The Labute approximate surface area is 240 Å². The highest BCUT2D eigenvalue weighted by Gasteiger charge is 2.41. The van der Waals surface area contributed by atoms with Gasteiger partial charge in [0, 0.05) is 31.9 Å². The molecule has 0 spiro atoms. The predicted molar refractivity (Wildman–Crippen MR) is 159 cm³/mol. The standard InChI is InChI=1S/C31H36N4O4S/c1-20(2)22-10-12-23(13-11-22)29-28(30(37)39-5)21(3)32-31-35(29)24(19-40-31)18-27(36)34-16-14-33(15-17-34)25-8-6-7-9-26(25)38-4/h6-13,19-20,29H,14-18H2,1-5H3. The number of esters is 1. The maximum absolute atomic E-state index is 13.6. The first-order valence-corrected chi connectivity index (χ1v) is 14.5. The van der Waals surface area contributed by atoms with E-state index in [-0.39, 0.29) is 12.3 Å². The van der Waals surface area contributed by atoms with Gasteiger partial charge in [0.2, 0.25) is 5.91 Å². The molecule has 1 amide bonds. The Morgan fingerprint density at radius 2 is 1.73 bits per heavy atom. The van der Waals surface area contributed by atoms with Gasteiger partial charge in [-0.15, -0.1) is 0 Å². The van der Waals surface area contributed by atoms with Gasteiger partial charge in [-0.05, 0) is 41.5 Å². The lowest BCUT2D eigenvalue weighted by atomic mass is 9.92. The summed E-state index contributed by atoms with van der Waals surface area (Å²) in [7, 11) is 3.07. The highest BCUT2D eigenvalue weighted by molar-refractivity contribution is 8.16. The van der Waals surface area contributed by atoms with E-state index in [9.17, 15) is 9.59 Å². The fourth-order valence-corrected chi connectivity index (χ4v) is 6.44. The first-order chi connectivity index (χ1) is 19.3. The van der Waals surface area contributed by atoms with Crippen LogP contribution in [0.4, 0.5) is 5.69 Å². The smallest absolute Gasteiger partial charge is 0.338 e. The second kappa shape index (κ2) is 11.8. The maximum Gasteiger partial charge on any atom is 0.338 e. The third-order valence-electron chi connectivity index (χ3n) is 7.72. The number of hydrogen-bond acceptors (Lipinski definition) is 8. The number of fused-ring (bicyclic) bond motifs is 1. The number of ether oxygens (including phenoxy) is 2. The number of nitrogens with zero attached hydrogens (tertiary/aromatic N) is 4. The summed E-state index contributed by atoms with van der Waals surface area (Å²) >= 11 is 1.49. The van der Waals surface area contributed by atoms with E-state index in [1.165, 1.54) is 24.4 Å². The molecule has 3 aliphatic rings. The van der Waals surface area contributed by atoms with Crippen LogP contribution in [0.3, 0.4) is 0 Å². The first-order valence-electron chi connectivity index (χ1n) is 13.6. The minimum absolute atomic E-state index is 0.0626. The largest absolute Gasteiger partial charge is 0.495 e. The summed E-state index contributed by atoms with van der Waals surface area (Å²) in [6.45, 7) is 8.88. The van der Waals surface area contributed by atoms with E-state index >= 15 is 0 Å². The van der Waals surface area contributed by atoms with Crippen molar-refractivity contribution < 1.29 is 19.1 Å². The van der Waals surface area contributed by atoms with Gasteiger partial charge in [0.25, 0.3) is 0 Å². The number of carbonyl (C=O) groups excluding carboxylic acids is 2. The lowest BCUT2D eigenvalue weighted by Gasteiger charge is -2.38. The second-order valence-electron chi connectivity index (χ2n) is 10.4. The monoisotopic (exact) mass is 560 g/mol. The van der Waals surface area contributed by atoms with Gasteiger partial charge in [0.05, 0.1) is 43.6 Å². The first kappa shape index (κ1) is 27.8. The van der Waals surface area contributed by atoms with Gasteiger partial charge in [-0.1, -0.05) is 62.0 Å². The van der Waals surface area contributed by atoms with Gasteiger partial charge in [-0.2, -0.15) is 0 Å². The van der Waals surface area contributed by atoms with Crippen molar-refractivity contribution in [2.45, 2.75) is 39.2 Å². The Hall–Kier alpha value is -3.72. The Bertz CT molecular complexity index is 1370. The molecule has 1 fully saturated rings. The molecular weight excluding hydrogens is 524 g/mol. The molecule has 9 heteroatoms. The summed E-state index contributed by atoms with van der Waals surface area (Å²) < 4.78 is 10.7. The van der Waals surface area contributed by atoms with E-state index in [2.05, 4.69) is 49.1 Å². The topological polar surface area (TPSA) is 74.7 Å². The number of aliphatic imine (C=N–C) groups is 1. The highest BCUT2D eigenvalue weighted by Crippen LogP contribution is 2.45. The maximum atomic E-state index is 13.6. The van der Waals surface area contributed by atoms with Crippen LogP contribution in [0.5, 0.6) is 5.75 Å². The summed E-state index contributed by atoms with van der Waals surface area (Å²) in [5, 5.41) is 2.76. The van der Waals surface area contributed by atoms with Crippen LogP contribution in [0.1, 0.15) is 50.3 Å². The van der Waals surface area contributed by atoms with Gasteiger partial charge in [-0.3, -0.25) is 4.79 Å². The van der Waals surface area contributed by atoms with Crippen molar-refractivity contribution in [2.75, 3.05) is 45.3 Å². The summed E-state index contributed by atoms with van der Waals surface area (Å²) in [6.07, 6.45) is 0.231. The number of thioether (sulfide) groups is 1. The number of para-hydroxylation sites is 2. The number of anilines is 1.